The van der Waals surface area contributed by atoms with E-state index in [0.717, 1.165) is 45.8 Å². The number of nitrogens with zero attached hydrogens (tertiary/aromatic N) is 3. The quantitative estimate of drug-likeness (QED) is 0.717. The van der Waals surface area contributed by atoms with Crippen LogP contribution >= 0.6 is 0 Å². The molecule has 0 unspecified atom stereocenters. The Kier molecular flexibility index (Phi) is 4.25. The summed E-state index contributed by atoms with van der Waals surface area (Å²) in [5.74, 6) is 0.289. The summed E-state index contributed by atoms with van der Waals surface area (Å²) >= 11 is 0. The van der Waals surface area contributed by atoms with Gasteiger partial charge in [-0.25, -0.2) is 0 Å². The first kappa shape index (κ1) is 13.8. The summed E-state index contributed by atoms with van der Waals surface area (Å²) in [6.45, 7) is 11.7. The Balaban J connectivity index is 1.84. The fraction of sp³-hybridized carbons (Fsp3) is 0.923. The molecule has 0 aromatic carbocycles. The molecule has 0 spiro atoms. The molecule has 5 nitrogen and oxygen atoms in total. The smallest absolute Gasteiger partial charge is 0.236 e. The SMILES string of the molecule is CN1CCN(CC(=O)N2CCNCC2)CC1(C)C. The maximum absolute atomic E-state index is 12.2. The van der Waals surface area contributed by atoms with E-state index in [-0.39, 0.29) is 11.4 Å². The topological polar surface area (TPSA) is 38.8 Å². The minimum Gasteiger partial charge on any atom is -0.339 e. The molecule has 2 saturated heterocycles. The van der Waals surface area contributed by atoms with Crippen molar-refractivity contribution in [3.05, 3.63) is 0 Å². The van der Waals surface area contributed by atoms with Crippen molar-refractivity contribution >= 4 is 5.91 Å². The monoisotopic (exact) mass is 254 g/mol. The molecule has 0 aromatic heterocycles. The van der Waals surface area contributed by atoms with Gasteiger partial charge < -0.3 is 10.2 Å². The van der Waals surface area contributed by atoms with Crippen LogP contribution in [0.25, 0.3) is 0 Å². The standard InChI is InChI=1S/C13H26N4O/c1-13(2)11-16(9-8-15(13)3)10-12(18)17-6-4-14-5-7-17/h14H,4-11H2,1-3H3. The molecule has 18 heavy (non-hydrogen) atoms. The Labute approximate surface area is 110 Å². The molecular weight excluding hydrogens is 228 g/mol. The van der Waals surface area contributed by atoms with Gasteiger partial charge in [0.1, 0.15) is 0 Å². The van der Waals surface area contributed by atoms with Crippen molar-refractivity contribution in [2.75, 3.05) is 59.4 Å². The van der Waals surface area contributed by atoms with Crippen molar-refractivity contribution in [1.29, 1.82) is 0 Å². The highest BCUT2D eigenvalue weighted by atomic mass is 16.2. The van der Waals surface area contributed by atoms with Crippen LogP contribution in [0.3, 0.4) is 0 Å². The molecule has 0 atom stereocenters. The molecule has 0 aromatic rings. The number of likely N-dealkylation sites (N-methyl/N-ethyl adjacent to an activating group) is 1. The second-order valence-electron chi connectivity index (χ2n) is 6.08. The molecule has 2 aliphatic heterocycles. The van der Waals surface area contributed by atoms with E-state index in [1.165, 1.54) is 0 Å². The Morgan fingerprint density at radius 2 is 1.83 bits per heavy atom. The Hall–Kier alpha value is -0.650. The van der Waals surface area contributed by atoms with E-state index in [4.69, 9.17) is 0 Å². The number of hydrogen-bond donors (Lipinski definition) is 1. The number of nitrogens with one attached hydrogen (secondary N) is 1. The maximum atomic E-state index is 12.2. The molecule has 2 aliphatic rings. The van der Waals surface area contributed by atoms with Gasteiger partial charge in [0.25, 0.3) is 0 Å². The lowest BCUT2D eigenvalue weighted by Gasteiger charge is -2.45. The summed E-state index contributed by atoms with van der Waals surface area (Å²) < 4.78 is 0. The van der Waals surface area contributed by atoms with Crippen LogP contribution < -0.4 is 5.32 Å². The maximum Gasteiger partial charge on any atom is 0.236 e. The van der Waals surface area contributed by atoms with Crippen molar-refractivity contribution < 1.29 is 4.79 Å². The molecule has 0 aliphatic carbocycles. The first-order chi connectivity index (χ1) is 8.49. The summed E-state index contributed by atoms with van der Waals surface area (Å²) in [5, 5.41) is 3.28. The number of amides is 1. The second kappa shape index (κ2) is 5.55. The summed E-state index contributed by atoms with van der Waals surface area (Å²) in [7, 11) is 2.16. The van der Waals surface area contributed by atoms with Gasteiger partial charge >= 0.3 is 0 Å². The Morgan fingerprint density at radius 1 is 1.17 bits per heavy atom. The van der Waals surface area contributed by atoms with E-state index in [1.54, 1.807) is 0 Å². The average Bonchev–Trinajstić information content (AvgIpc) is 2.34. The van der Waals surface area contributed by atoms with Gasteiger partial charge in [0.15, 0.2) is 0 Å². The molecule has 0 radical (unpaired) electrons. The molecule has 2 heterocycles. The van der Waals surface area contributed by atoms with Crippen LogP contribution in [0, 0.1) is 0 Å². The molecule has 0 saturated carbocycles. The molecule has 104 valence electrons. The summed E-state index contributed by atoms with van der Waals surface area (Å²) in [4.78, 5) is 18.9. The van der Waals surface area contributed by atoms with E-state index in [2.05, 4.69) is 36.0 Å². The number of carbonyl (C=O) groups excluding carboxylic acids is 1. The van der Waals surface area contributed by atoms with Crippen molar-refractivity contribution in [2.45, 2.75) is 19.4 Å². The largest absolute Gasteiger partial charge is 0.339 e. The summed E-state index contributed by atoms with van der Waals surface area (Å²) in [6.07, 6.45) is 0. The van der Waals surface area contributed by atoms with Crippen LogP contribution in [0.15, 0.2) is 0 Å². The Morgan fingerprint density at radius 3 is 2.44 bits per heavy atom. The van der Waals surface area contributed by atoms with Gasteiger partial charge in [-0.1, -0.05) is 0 Å². The van der Waals surface area contributed by atoms with Crippen LogP contribution in [0.2, 0.25) is 0 Å². The second-order valence-corrected chi connectivity index (χ2v) is 6.08. The molecule has 5 heteroatoms. The first-order valence-electron chi connectivity index (χ1n) is 6.91. The number of rotatable bonds is 2. The van der Waals surface area contributed by atoms with E-state index in [9.17, 15) is 4.79 Å². The zero-order valence-corrected chi connectivity index (χ0v) is 11.9. The van der Waals surface area contributed by atoms with Gasteiger partial charge in [-0.3, -0.25) is 14.6 Å². The molecule has 0 bridgehead atoms. The highest BCUT2D eigenvalue weighted by Gasteiger charge is 2.32. The molecule has 2 rings (SSSR count). The highest BCUT2D eigenvalue weighted by Crippen LogP contribution is 2.18. The van der Waals surface area contributed by atoms with Crippen LogP contribution in [-0.2, 0) is 4.79 Å². The minimum atomic E-state index is 0.169. The lowest BCUT2D eigenvalue weighted by Crippen LogP contribution is -2.59. The van der Waals surface area contributed by atoms with E-state index in [1.807, 2.05) is 4.90 Å². The molecular formula is C13H26N4O. The molecule has 1 N–H and O–H groups in total. The van der Waals surface area contributed by atoms with Gasteiger partial charge in [-0.05, 0) is 20.9 Å². The number of hydrogen-bond acceptors (Lipinski definition) is 4. The summed E-state index contributed by atoms with van der Waals surface area (Å²) in [6, 6.07) is 0. The van der Waals surface area contributed by atoms with Gasteiger partial charge in [-0.15, -0.1) is 0 Å². The normalized spacial score (nSPS) is 26.3. The zero-order chi connectivity index (χ0) is 13.2. The first-order valence-corrected chi connectivity index (χ1v) is 6.91. The zero-order valence-electron chi connectivity index (χ0n) is 11.9. The third kappa shape index (κ3) is 3.22. The number of carbonyl (C=O) groups is 1. The van der Waals surface area contributed by atoms with Crippen LogP contribution in [0.1, 0.15) is 13.8 Å². The van der Waals surface area contributed by atoms with Gasteiger partial charge in [0.05, 0.1) is 6.54 Å². The lowest BCUT2D eigenvalue weighted by molar-refractivity contribution is -0.134. The van der Waals surface area contributed by atoms with Gasteiger partial charge in [-0.2, -0.15) is 0 Å². The predicted molar refractivity (Wildman–Crippen MR) is 72.6 cm³/mol. The van der Waals surface area contributed by atoms with Gasteiger partial charge in [0.2, 0.25) is 5.91 Å². The van der Waals surface area contributed by atoms with E-state index >= 15 is 0 Å². The fourth-order valence-electron chi connectivity index (χ4n) is 2.68. The fourth-order valence-corrected chi connectivity index (χ4v) is 2.68. The van der Waals surface area contributed by atoms with Crippen molar-refractivity contribution in [3.63, 3.8) is 0 Å². The Bertz CT molecular complexity index is 299. The van der Waals surface area contributed by atoms with E-state index in [0.29, 0.717) is 6.54 Å². The van der Waals surface area contributed by atoms with Crippen molar-refractivity contribution in [2.24, 2.45) is 0 Å². The third-order valence-electron chi connectivity index (χ3n) is 4.22. The summed E-state index contributed by atoms with van der Waals surface area (Å²) in [5.41, 5.74) is 0.169. The highest BCUT2D eigenvalue weighted by molar-refractivity contribution is 5.78. The lowest BCUT2D eigenvalue weighted by atomic mass is 10.00. The van der Waals surface area contributed by atoms with Crippen LogP contribution in [0.4, 0.5) is 0 Å². The van der Waals surface area contributed by atoms with E-state index < -0.39 is 0 Å². The molecule has 1 amide bonds. The average molecular weight is 254 g/mol. The van der Waals surface area contributed by atoms with Crippen LogP contribution in [0.5, 0.6) is 0 Å². The van der Waals surface area contributed by atoms with Crippen LogP contribution in [-0.4, -0.2) is 85.6 Å². The van der Waals surface area contributed by atoms with Gasteiger partial charge in [0, 0.05) is 51.4 Å². The molecule has 2 fully saturated rings. The van der Waals surface area contributed by atoms with Crippen molar-refractivity contribution in [1.82, 2.24) is 20.0 Å². The third-order valence-corrected chi connectivity index (χ3v) is 4.22. The predicted octanol–water partition coefficient (Wildman–Crippen LogP) is -0.556. The minimum absolute atomic E-state index is 0.169. The number of piperazine rings is 2. The van der Waals surface area contributed by atoms with Crippen molar-refractivity contribution in [3.8, 4) is 0 Å².